The van der Waals surface area contributed by atoms with Crippen LogP contribution in [0.4, 0.5) is 11.5 Å². The smallest absolute Gasteiger partial charge is 0.148 e. The zero-order chi connectivity index (χ0) is 13.8. The number of hydrogen-bond acceptors (Lipinski definition) is 3. The average molecular weight is 264 g/mol. The van der Waals surface area contributed by atoms with Gasteiger partial charge in [-0.15, -0.1) is 0 Å². The summed E-state index contributed by atoms with van der Waals surface area (Å²) in [5.74, 6) is 2.73. The number of aryl methyl sites for hydroxylation is 2. The zero-order valence-electron chi connectivity index (χ0n) is 12.6. The van der Waals surface area contributed by atoms with Crippen molar-refractivity contribution in [1.29, 1.82) is 0 Å². The highest BCUT2D eigenvalue weighted by Gasteiger charge is 2.19. The number of nitrogens with two attached hydrogens (primary N) is 1. The van der Waals surface area contributed by atoms with Gasteiger partial charge >= 0.3 is 0 Å². The third kappa shape index (κ3) is 3.43. The van der Waals surface area contributed by atoms with Crippen LogP contribution in [0.15, 0.2) is 0 Å². The third-order valence-corrected chi connectivity index (χ3v) is 4.30. The summed E-state index contributed by atoms with van der Waals surface area (Å²) in [7, 11) is 0. The van der Waals surface area contributed by atoms with Crippen molar-refractivity contribution in [2.75, 3.05) is 17.6 Å². The Morgan fingerprint density at radius 3 is 2.63 bits per heavy atom. The van der Waals surface area contributed by atoms with Crippen LogP contribution in [0, 0.1) is 18.8 Å². The Hall–Kier alpha value is -1.19. The molecule has 0 saturated heterocycles. The molecule has 0 atom stereocenters. The first-order valence-corrected chi connectivity index (χ1v) is 7.68. The number of nitrogen functional groups attached to an aromatic ring is 1. The van der Waals surface area contributed by atoms with Crippen LogP contribution >= 0.6 is 0 Å². The van der Waals surface area contributed by atoms with Crippen molar-refractivity contribution in [2.24, 2.45) is 11.8 Å². The monoisotopic (exact) mass is 264 g/mol. The van der Waals surface area contributed by atoms with E-state index >= 15 is 0 Å². The molecule has 1 heterocycles. The van der Waals surface area contributed by atoms with E-state index in [1.54, 1.807) is 0 Å². The summed E-state index contributed by atoms with van der Waals surface area (Å²) >= 11 is 0. The van der Waals surface area contributed by atoms with Crippen LogP contribution < -0.4 is 11.1 Å². The fourth-order valence-corrected chi connectivity index (χ4v) is 2.93. The number of aromatic nitrogens is 2. The van der Waals surface area contributed by atoms with Crippen molar-refractivity contribution in [3.05, 3.63) is 5.69 Å². The van der Waals surface area contributed by atoms with Gasteiger partial charge in [0.05, 0.1) is 11.4 Å². The molecular formula is C15H28N4. The molecule has 0 aromatic carbocycles. The lowest BCUT2D eigenvalue weighted by atomic mass is 9.83. The van der Waals surface area contributed by atoms with Gasteiger partial charge in [0.1, 0.15) is 5.82 Å². The van der Waals surface area contributed by atoms with Crippen molar-refractivity contribution >= 4 is 11.5 Å². The Morgan fingerprint density at radius 1 is 1.32 bits per heavy atom. The van der Waals surface area contributed by atoms with Gasteiger partial charge in [0.2, 0.25) is 0 Å². The SMILES string of the molecule is CCCn1nc(C)c(N)c1NCC1CCC(C)CC1. The molecule has 108 valence electrons. The van der Waals surface area contributed by atoms with E-state index in [2.05, 4.69) is 24.3 Å². The number of anilines is 2. The lowest BCUT2D eigenvalue weighted by Gasteiger charge is -2.26. The molecule has 1 aromatic heterocycles. The molecule has 0 aliphatic heterocycles. The molecule has 0 unspecified atom stereocenters. The number of nitrogens with one attached hydrogen (secondary N) is 1. The highest BCUT2D eigenvalue weighted by atomic mass is 15.3. The Morgan fingerprint density at radius 2 is 2.00 bits per heavy atom. The van der Waals surface area contributed by atoms with E-state index in [1.807, 2.05) is 11.6 Å². The average Bonchev–Trinajstić information content (AvgIpc) is 2.65. The van der Waals surface area contributed by atoms with Crippen LogP contribution in [-0.4, -0.2) is 16.3 Å². The molecule has 1 aromatic rings. The van der Waals surface area contributed by atoms with E-state index in [-0.39, 0.29) is 0 Å². The summed E-state index contributed by atoms with van der Waals surface area (Å²) in [6.07, 6.45) is 6.50. The maximum Gasteiger partial charge on any atom is 0.148 e. The van der Waals surface area contributed by atoms with E-state index in [0.29, 0.717) is 0 Å². The minimum absolute atomic E-state index is 0.792. The van der Waals surface area contributed by atoms with Crippen LogP contribution in [0.3, 0.4) is 0 Å². The first-order chi connectivity index (χ1) is 9.11. The van der Waals surface area contributed by atoms with Gasteiger partial charge in [0.15, 0.2) is 0 Å². The van der Waals surface area contributed by atoms with Gasteiger partial charge in [-0.1, -0.05) is 26.7 Å². The predicted molar refractivity (Wildman–Crippen MR) is 81.3 cm³/mol. The molecule has 0 spiro atoms. The summed E-state index contributed by atoms with van der Waals surface area (Å²) < 4.78 is 2.02. The molecule has 1 saturated carbocycles. The van der Waals surface area contributed by atoms with Gasteiger partial charge < -0.3 is 11.1 Å². The number of rotatable bonds is 5. The van der Waals surface area contributed by atoms with Gasteiger partial charge in [0, 0.05) is 13.1 Å². The van der Waals surface area contributed by atoms with E-state index in [0.717, 1.165) is 48.5 Å². The van der Waals surface area contributed by atoms with Crippen molar-refractivity contribution in [1.82, 2.24) is 9.78 Å². The molecule has 2 rings (SSSR count). The second kappa shape index (κ2) is 6.31. The van der Waals surface area contributed by atoms with Gasteiger partial charge in [-0.25, -0.2) is 4.68 Å². The van der Waals surface area contributed by atoms with Crippen LogP contribution in [0.25, 0.3) is 0 Å². The fourth-order valence-electron chi connectivity index (χ4n) is 2.93. The quantitative estimate of drug-likeness (QED) is 0.856. The predicted octanol–water partition coefficient (Wildman–Crippen LogP) is 3.42. The van der Waals surface area contributed by atoms with Gasteiger partial charge in [-0.2, -0.15) is 5.10 Å². The van der Waals surface area contributed by atoms with E-state index < -0.39 is 0 Å². The molecule has 0 radical (unpaired) electrons. The van der Waals surface area contributed by atoms with E-state index in [4.69, 9.17) is 5.73 Å². The van der Waals surface area contributed by atoms with Crippen molar-refractivity contribution < 1.29 is 0 Å². The first-order valence-electron chi connectivity index (χ1n) is 7.68. The molecule has 1 aliphatic rings. The van der Waals surface area contributed by atoms with Crippen LogP contribution in [0.5, 0.6) is 0 Å². The minimum Gasteiger partial charge on any atom is -0.394 e. The van der Waals surface area contributed by atoms with Gasteiger partial charge in [-0.05, 0) is 38.0 Å². The Balaban J connectivity index is 1.95. The molecule has 3 N–H and O–H groups in total. The maximum absolute atomic E-state index is 6.13. The van der Waals surface area contributed by atoms with Crippen molar-refractivity contribution in [3.63, 3.8) is 0 Å². The zero-order valence-corrected chi connectivity index (χ0v) is 12.6. The summed E-state index contributed by atoms with van der Waals surface area (Å²) in [5, 5.41) is 8.05. The fraction of sp³-hybridized carbons (Fsp3) is 0.800. The maximum atomic E-state index is 6.13. The molecule has 1 aliphatic carbocycles. The van der Waals surface area contributed by atoms with E-state index in [1.165, 1.54) is 25.7 Å². The molecular weight excluding hydrogens is 236 g/mol. The number of hydrogen-bond donors (Lipinski definition) is 2. The molecule has 4 heteroatoms. The van der Waals surface area contributed by atoms with Crippen molar-refractivity contribution in [2.45, 2.75) is 59.4 Å². The summed E-state index contributed by atoms with van der Waals surface area (Å²) in [6, 6.07) is 0. The Bertz CT molecular complexity index is 403. The Kier molecular flexibility index (Phi) is 4.72. The van der Waals surface area contributed by atoms with E-state index in [9.17, 15) is 0 Å². The number of nitrogens with zero attached hydrogens (tertiary/aromatic N) is 2. The van der Waals surface area contributed by atoms with Crippen LogP contribution in [-0.2, 0) is 6.54 Å². The Labute approximate surface area is 116 Å². The molecule has 0 amide bonds. The van der Waals surface area contributed by atoms with Crippen LogP contribution in [0.2, 0.25) is 0 Å². The normalized spacial score (nSPS) is 23.5. The highest BCUT2D eigenvalue weighted by molar-refractivity contribution is 5.64. The second-order valence-electron chi connectivity index (χ2n) is 6.08. The minimum atomic E-state index is 0.792. The molecule has 0 bridgehead atoms. The lowest BCUT2D eigenvalue weighted by molar-refractivity contribution is 0.300. The standard InChI is InChI=1S/C15H28N4/c1-4-9-19-15(14(16)12(3)18-19)17-10-13-7-5-11(2)6-8-13/h11,13,17H,4-10,16H2,1-3H3. The van der Waals surface area contributed by atoms with Gasteiger partial charge in [-0.3, -0.25) is 0 Å². The summed E-state index contributed by atoms with van der Waals surface area (Å²) in [4.78, 5) is 0. The second-order valence-corrected chi connectivity index (χ2v) is 6.08. The summed E-state index contributed by atoms with van der Waals surface area (Å²) in [5.41, 5.74) is 7.88. The largest absolute Gasteiger partial charge is 0.394 e. The lowest BCUT2D eigenvalue weighted by Crippen LogP contribution is -2.21. The molecule has 4 nitrogen and oxygen atoms in total. The summed E-state index contributed by atoms with van der Waals surface area (Å²) in [6.45, 7) is 8.48. The van der Waals surface area contributed by atoms with Crippen molar-refractivity contribution in [3.8, 4) is 0 Å². The third-order valence-electron chi connectivity index (χ3n) is 4.30. The van der Waals surface area contributed by atoms with Crippen LogP contribution in [0.1, 0.15) is 51.6 Å². The molecule has 19 heavy (non-hydrogen) atoms. The van der Waals surface area contributed by atoms with Gasteiger partial charge in [0.25, 0.3) is 0 Å². The molecule has 1 fully saturated rings. The first kappa shape index (κ1) is 14.2. The topological polar surface area (TPSA) is 55.9 Å². The highest BCUT2D eigenvalue weighted by Crippen LogP contribution is 2.29.